The Bertz CT molecular complexity index is 814. The van der Waals surface area contributed by atoms with E-state index in [4.69, 9.17) is 0 Å². The standard InChI is InChI=1S/C28H41N3O2.ClH/c32-26(24-11-12-24)29-25(23-9-5-2-6-10-23)13-17-30-18-14-28(15-19-30)16-20-31(27(28)33)21-22-7-3-1-4-8-22;/h2,5-6,9-10,22,24-25H,1,3-4,7-8,11-21H2,(H,29,32);1H/t25-;/m0./s1. The number of halogens is 1. The zero-order chi connectivity index (χ0) is 22.7. The van der Waals surface area contributed by atoms with E-state index in [9.17, 15) is 9.59 Å². The molecule has 5 rings (SSSR count). The number of carbonyl (C=O) groups is 2. The second kappa shape index (κ2) is 11.4. The highest BCUT2D eigenvalue weighted by molar-refractivity contribution is 5.85. The van der Waals surface area contributed by atoms with Crippen molar-refractivity contribution in [3.05, 3.63) is 35.9 Å². The number of rotatable bonds is 8. The molecule has 2 saturated heterocycles. The number of nitrogens with one attached hydrogen (secondary N) is 1. The van der Waals surface area contributed by atoms with E-state index in [-0.39, 0.29) is 35.7 Å². The molecule has 0 unspecified atom stereocenters. The van der Waals surface area contributed by atoms with Crippen LogP contribution in [0.2, 0.25) is 0 Å². The van der Waals surface area contributed by atoms with Gasteiger partial charge in [0.15, 0.2) is 0 Å². The predicted octanol–water partition coefficient (Wildman–Crippen LogP) is 4.96. The molecule has 0 radical (unpaired) electrons. The summed E-state index contributed by atoms with van der Waals surface area (Å²) >= 11 is 0. The number of benzene rings is 1. The number of likely N-dealkylation sites (tertiary alicyclic amines) is 2. The van der Waals surface area contributed by atoms with Gasteiger partial charge in [0, 0.05) is 25.6 Å². The van der Waals surface area contributed by atoms with E-state index in [1.165, 1.54) is 37.7 Å². The van der Waals surface area contributed by atoms with Crippen LogP contribution in [0.3, 0.4) is 0 Å². The Morgan fingerprint density at radius 3 is 2.32 bits per heavy atom. The summed E-state index contributed by atoms with van der Waals surface area (Å²) in [5, 5.41) is 3.31. The second-order valence-corrected chi connectivity index (χ2v) is 11.2. The highest BCUT2D eigenvalue weighted by atomic mass is 35.5. The van der Waals surface area contributed by atoms with Gasteiger partial charge in [0.2, 0.25) is 11.8 Å². The van der Waals surface area contributed by atoms with Gasteiger partial charge in [0.05, 0.1) is 11.5 Å². The SMILES string of the molecule is Cl.O=C(N[C@@H](CCN1CCC2(CC1)CCN(CC1CCCCC1)C2=O)c1ccccc1)C1CC1. The highest BCUT2D eigenvalue weighted by Crippen LogP contribution is 2.42. The third-order valence-electron chi connectivity index (χ3n) is 8.82. The zero-order valence-corrected chi connectivity index (χ0v) is 21.4. The van der Waals surface area contributed by atoms with Gasteiger partial charge >= 0.3 is 0 Å². The van der Waals surface area contributed by atoms with Crippen molar-refractivity contribution < 1.29 is 9.59 Å². The number of piperidine rings is 1. The highest BCUT2D eigenvalue weighted by Gasteiger charge is 2.48. The van der Waals surface area contributed by atoms with Gasteiger partial charge < -0.3 is 15.1 Å². The van der Waals surface area contributed by atoms with E-state index in [1.807, 2.05) is 6.07 Å². The summed E-state index contributed by atoms with van der Waals surface area (Å²) in [7, 11) is 0. The van der Waals surface area contributed by atoms with Crippen LogP contribution in [0, 0.1) is 17.3 Å². The van der Waals surface area contributed by atoms with Crippen molar-refractivity contribution in [3.63, 3.8) is 0 Å². The molecule has 1 aromatic carbocycles. The minimum atomic E-state index is -0.0931. The van der Waals surface area contributed by atoms with Crippen LogP contribution in [-0.4, -0.2) is 54.3 Å². The van der Waals surface area contributed by atoms with Crippen molar-refractivity contribution >= 4 is 24.2 Å². The van der Waals surface area contributed by atoms with Crippen molar-refractivity contribution in [1.29, 1.82) is 0 Å². The smallest absolute Gasteiger partial charge is 0.228 e. The van der Waals surface area contributed by atoms with Gasteiger partial charge in [0.1, 0.15) is 0 Å². The summed E-state index contributed by atoms with van der Waals surface area (Å²) < 4.78 is 0. The maximum atomic E-state index is 13.4. The minimum absolute atomic E-state index is 0. The summed E-state index contributed by atoms with van der Waals surface area (Å²) in [6.07, 6.45) is 12.7. The van der Waals surface area contributed by atoms with Crippen LogP contribution in [0.1, 0.15) is 82.2 Å². The lowest BCUT2D eigenvalue weighted by Gasteiger charge is -2.38. The van der Waals surface area contributed by atoms with E-state index in [2.05, 4.69) is 39.4 Å². The van der Waals surface area contributed by atoms with Crippen molar-refractivity contribution in [2.45, 2.75) is 76.7 Å². The molecule has 2 heterocycles. The van der Waals surface area contributed by atoms with Gasteiger partial charge in [-0.15, -0.1) is 12.4 Å². The molecule has 2 aliphatic heterocycles. The second-order valence-electron chi connectivity index (χ2n) is 11.2. The summed E-state index contributed by atoms with van der Waals surface area (Å²) in [5.41, 5.74) is 1.11. The monoisotopic (exact) mass is 487 g/mol. The summed E-state index contributed by atoms with van der Waals surface area (Å²) in [4.78, 5) is 30.5. The third kappa shape index (κ3) is 5.96. The van der Waals surface area contributed by atoms with Gasteiger partial charge in [-0.3, -0.25) is 9.59 Å². The molecule has 2 amide bonds. The molecular formula is C28H42ClN3O2. The minimum Gasteiger partial charge on any atom is -0.349 e. The maximum Gasteiger partial charge on any atom is 0.228 e. The zero-order valence-electron chi connectivity index (χ0n) is 20.6. The average molecular weight is 488 g/mol. The molecular weight excluding hydrogens is 446 g/mol. The molecule has 1 aromatic rings. The first kappa shape index (κ1) is 25.5. The molecule has 34 heavy (non-hydrogen) atoms. The fraction of sp³-hybridized carbons (Fsp3) is 0.714. The summed E-state index contributed by atoms with van der Waals surface area (Å²) in [6, 6.07) is 10.5. The first-order valence-corrected chi connectivity index (χ1v) is 13.5. The van der Waals surface area contributed by atoms with E-state index in [0.717, 1.165) is 77.2 Å². The molecule has 2 aliphatic carbocycles. The molecule has 1 spiro atoms. The fourth-order valence-corrected chi connectivity index (χ4v) is 6.37. The van der Waals surface area contributed by atoms with Crippen LogP contribution in [0.4, 0.5) is 0 Å². The Labute approximate surface area is 211 Å². The van der Waals surface area contributed by atoms with Crippen LogP contribution < -0.4 is 5.32 Å². The average Bonchev–Trinajstić information content (AvgIpc) is 3.67. The summed E-state index contributed by atoms with van der Waals surface area (Å²) in [5.74, 6) is 1.64. The Morgan fingerprint density at radius 2 is 1.65 bits per heavy atom. The molecule has 0 bridgehead atoms. The van der Waals surface area contributed by atoms with Gasteiger partial charge in [-0.2, -0.15) is 0 Å². The largest absolute Gasteiger partial charge is 0.349 e. The van der Waals surface area contributed by atoms with Crippen molar-refractivity contribution in [3.8, 4) is 0 Å². The topological polar surface area (TPSA) is 52.7 Å². The van der Waals surface area contributed by atoms with Crippen LogP contribution in [0.25, 0.3) is 0 Å². The van der Waals surface area contributed by atoms with Crippen LogP contribution in [0.5, 0.6) is 0 Å². The molecule has 1 N–H and O–H groups in total. The number of nitrogens with zero attached hydrogens (tertiary/aromatic N) is 2. The molecule has 0 aromatic heterocycles. The fourth-order valence-electron chi connectivity index (χ4n) is 6.37. The quantitative estimate of drug-likeness (QED) is 0.563. The van der Waals surface area contributed by atoms with Crippen molar-refractivity contribution in [2.75, 3.05) is 32.7 Å². The van der Waals surface area contributed by atoms with Crippen molar-refractivity contribution in [1.82, 2.24) is 15.1 Å². The molecule has 1 atom stereocenters. The molecule has 5 nitrogen and oxygen atoms in total. The van der Waals surface area contributed by atoms with E-state index in [0.29, 0.717) is 5.91 Å². The van der Waals surface area contributed by atoms with Gasteiger partial charge in [-0.25, -0.2) is 0 Å². The van der Waals surface area contributed by atoms with Crippen molar-refractivity contribution in [2.24, 2.45) is 17.3 Å². The Kier molecular flexibility index (Phi) is 8.57. The maximum absolute atomic E-state index is 13.4. The Morgan fingerprint density at radius 1 is 0.971 bits per heavy atom. The summed E-state index contributed by atoms with van der Waals surface area (Å²) in [6.45, 7) is 4.95. The number of carbonyl (C=O) groups excluding carboxylic acids is 2. The molecule has 4 aliphatic rings. The van der Waals surface area contributed by atoms with E-state index >= 15 is 0 Å². The Balaban J connectivity index is 0.00000274. The van der Waals surface area contributed by atoms with Gasteiger partial charge in [-0.1, -0.05) is 49.6 Å². The normalized spacial score (nSPS) is 24.1. The first-order chi connectivity index (χ1) is 16.1. The van der Waals surface area contributed by atoms with Gasteiger partial charge in [-0.05, 0) is 75.9 Å². The third-order valence-corrected chi connectivity index (χ3v) is 8.82. The van der Waals surface area contributed by atoms with E-state index < -0.39 is 0 Å². The number of hydrogen-bond acceptors (Lipinski definition) is 3. The predicted molar refractivity (Wildman–Crippen MR) is 138 cm³/mol. The lowest BCUT2D eigenvalue weighted by molar-refractivity contribution is -0.139. The van der Waals surface area contributed by atoms with Gasteiger partial charge in [0.25, 0.3) is 0 Å². The first-order valence-electron chi connectivity index (χ1n) is 13.5. The van der Waals surface area contributed by atoms with Crippen LogP contribution >= 0.6 is 12.4 Å². The van der Waals surface area contributed by atoms with E-state index in [1.54, 1.807) is 0 Å². The lowest BCUT2D eigenvalue weighted by atomic mass is 9.77. The van der Waals surface area contributed by atoms with Crippen LogP contribution in [-0.2, 0) is 9.59 Å². The van der Waals surface area contributed by atoms with Crippen LogP contribution in [0.15, 0.2) is 30.3 Å². The number of amides is 2. The molecule has 2 saturated carbocycles. The molecule has 188 valence electrons. The molecule has 4 fully saturated rings. The molecule has 6 heteroatoms. The lowest BCUT2D eigenvalue weighted by Crippen LogP contribution is -2.46. The Hall–Kier alpha value is -1.59. The number of hydrogen-bond donors (Lipinski definition) is 1.